The highest BCUT2D eigenvalue weighted by molar-refractivity contribution is 5.97. The molecule has 1 amide bonds. The van der Waals surface area contributed by atoms with Gasteiger partial charge in [-0.2, -0.15) is 8.78 Å². The summed E-state index contributed by atoms with van der Waals surface area (Å²) in [6, 6.07) is 6.16. The third-order valence-electron chi connectivity index (χ3n) is 3.24. The van der Waals surface area contributed by atoms with Crippen LogP contribution in [0.25, 0.3) is 0 Å². The normalized spacial score (nSPS) is 18.6. The van der Waals surface area contributed by atoms with Gasteiger partial charge in [-0.25, -0.2) is 0 Å². The van der Waals surface area contributed by atoms with E-state index in [1.807, 2.05) is 0 Å². The summed E-state index contributed by atoms with van der Waals surface area (Å²) in [4.78, 5) is 13.9. The minimum atomic E-state index is -2.94. The molecule has 0 spiro atoms. The molecule has 1 fully saturated rings. The van der Waals surface area contributed by atoms with Crippen molar-refractivity contribution in [2.24, 2.45) is 0 Å². The summed E-state index contributed by atoms with van der Waals surface area (Å²) in [5.41, 5.74) is 0.164. The van der Waals surface area contributed by atoms with Gasteiger partial charge in [-0.3, -0.25) is 4.79 Å². The number of nitrogens with zero attached hydrogens (tertiary/aromatic N) is 1. The summed E-state index contributed by atoms with van der Waals surface area (Å²) < 4.78 is 29.0. The van der Waals surface area contributed by atoms with Crippen LogP contribution in [-0.4, -0.2) is 43.6 Å². The summed E-state index contributed by atoms with van der Waals surface area (Å²) in [5, 5.41) is 3.16. The maximum atomic E-state index is 12.3. The Morgan fingerprint density at radius 3 is 2.84 bits per heavy atom. The van der Waals surface area contributed by atoms with Gasteiger partial charge in [0.05, 0.1) is 5.56 Å². The molecule has 1 atom stereocenters. The number of carbonyl (C=O) groups excluding carboxylic acids is 1. The van der Waals surface area contributed by atoms with Crippen molar-refractivity contribution in [2.75, 3.05) is 20.1 Å². The van der Waals surface area contributed by atoms with Crippen LogP contribution in [0, 0.1) is 0 Å². The van der Waals surface area contributed by atoms with Gasteiger partial charge in [0.2, 0.25) is 0 Å². The van der Waals surface area contributed by atoms with Crippen molar-refractivity contribution in [3.8, 4) is 5.75 Å². The van der Waals surface area contributed by atoms with E-state index in [-0.39, 0.29) is 23.3 Å². The molecule has 0 aliphatic carbocycles. The van der Waals surface area contributed by atoms with Gasteiger partial charge >= 0.3 is 6.61 Å². The molecule has 104 valence electrons. The molecule has 0 aromatic heterocycles. The standard InChI is InChI=1S/C13H16F2N2O2/c1-17(9-6-7-16-8-9)12(18)10-4-2-3-5-11(10)19-13(14)15/h2-5,9,13,16H,6-8H2,1H3/t9-/m1/s1. The fourth-order valence-corrected chi connectivity index (χ4v) is 2.17. The zero-order chi connectivity index (χ0) is 13.8. The summed E-state index contributed by atoms with van der Waals surface area (Å²) in [6.07, 6.45) is 0.861. The zero-order valence-corrected chi connectivity index (χ0v) is 10.6. The minimum absolute atomic E-state index is 0.0830. The lowest BCUT2D eigenvalue weighted by atomic mass is 10.1. The summed E-state index contributed by atoms with van der Waals surface area (Å²) in [6.45, 7) is -1.36. The molecule has 4 nitrogen and oxygen atoms in total. The molecule has 1 aliphatic heterocycles. The lowest BCUT2D eigenvalue weighted by molar-refractivity contribution is -0.0502. The molecular weight excluding hydrogens is 254 g/mol. The number of likely N-dealkylation sites (N-methyl/N-ethyl adjacent to an activating group) is 1. The van der Waals surface area contributed by atoms with Crippen LogP contribution in [0.3, 0.4) is 0 Å². The van der Waals surface area contributed by atoms with E-state index in [4.69, 9.17) is 0 Å². The SMILES string of the molecule is CN(C(=O)c1ccccc1OC(F)F)[C@@H]1CCNC1. The van der Waals surface area contributed by atoms with Crippen molar-refractivity contribution in [3.05, 3.63) is 29.8 Å². The van der Waals surface area contributed by atoms with Crippen LogP contribution in [0.1, 0.15) is 16.8 Å². The highest BCUT2D eigenvalue weighted by Gasteiger charge is 2.26. The zero-order valence-electron chi connectivity index (χ0n) is 10.6. The molecule has 0 unspecified atom stereocenters. The average molecular weight is 270 g/mol. The van der Waals surface area contributed by atoms with Gasteiger partial charge in [-0.05, 0) is 25.1 Å². The quantitative estimate of drug-likeness (QED) is 0.905. The fraction of sp³-hybridized carbons (Fsp3) is 0.462. The molecule has 1 aliphatic rings. The Morgan fingerprint density at radius 2 is 2.21 bits per heavy atom. The van der Waals surface area contributed by atoms with Gasteiger partial charge in [-0.1, -0.05) is 12.1 Å². The highest BCUT2D eigenvalue weighted by Crippen LogP contribution is 2.23. The Hall–Kier alpha value is -1.69. The second kappa shape index (κ2) is 5.97. The van der Waals surface area contributed by atoms with Gasteiger partial charge in [0.15, 0.2) is 0 Å². The fourth-order valence-electron chi connectivity index (χ4n) is 2.17. The van der Waals surface area contributed by atoms with Crippen molar-refractivity contribution < 1.29 is 18.3 Å². The number of hydrogen-bond donors (Lipinski definition) is 1. The van der Waals surface area contributed by atoms with Gasteiger partial charge < -0.3 is 15.0 Å². The minimum Gasteiger partial charge on any atom is -0.434 e. The highest BCUT2D eigenvalue weighted by atomic mass is 19.3. The van der Waals surface area contributed by atoms with Crippen molar-refractivity contribution >= 4 is 5.91 Å². The molecule has 6 heteroatoms. The Morgan fingerprint density at radius 1 is 1.47 bits per heavy atom. The Balaban J connectivity index is 2.17. The molecule has 1 heterocycles. The smallest absolute Gasteiger partial charge is 0.387 e. The number of benzene rings is 1. The van der Waals surface area contributed by atoms with Crippen LogP contribution in [-0.2, 0) is 0 Å². The van der Waals surface area contributed by atoms with Crippen LogP contribution in [0.2, 0.25) is 0 Å². The molecule has 2 rings (SSSR count). The van der Waals surface area contributed by atoms with Gasteiger partial charge in [0.1, 0.15) is 5.75 Å². The van der Waals surface area contributed by atoms with E-state index in [2.05, 4.69) is 10.1 Å². The molecule has 1 aromatic rings. The number of rotatable bonds is 4. The largest absolute Gasteiger partial charge is 0.434 e. The number of nitrogens with one attached hydrogen (secondary N) is 1. The Labute approximate surface area is 110 Å². The summed E-state index contributed by atoms with van der Waals surface area (Å²) in [5.74, 6) is -0.384. The van der Waals surface area contributed by atoms with Crippen molar-refractivity contribution in [1.29, 1.82) is 0 Å². The van der Waals surface area contributed by atoms with E-state index in [0.29, 0.717) is 0 Å². The Bertz CT molecular complexity index is 448. The molecule has 1 aromatic carbocycles. The molecule has 0 saturated carbocycles. The molecule has 1 N–H and O–H groups in total. The van der Waals surface area contributed by atoms with Gasteiger partial charge in [-0.15, -0.1) is 0 Å². The van der Waals surface area contributed by atoms with E-state index >= 15 is 0 Å². The first-order valence-corrected chi connectivity index (χ1v) is 6.11. The monoisotopic (exact) mass is 270 g/mol. The van der Waals surface area contributed by atoms with Crippen molar-refractivity contribution in [1.82, 2.24) is 10.2 Å². The molecule has 0 bridgehead atoms. The van der Waals surface area contributed by atoms with E-state index in [1.165, 1.54) is 12.1 Å². The molecule has 1 saturated heterocycles. The second-order valence-corrected chi connectivity index (χ2v) is 4.44. The summed E-state index contributed by atoms with van der Waals surface area (Å²) >= 11 is 0. The van der Waals surface area contributed by atoms with E-state index in [1.54, 1.807) is 24.1 Å². The number of ether oxygens (including phenoxy) is 1. The lowest BCUT2D eigenvalue weighted by Crippen LogP contribution is -2.38. The van der Waals surface area contributed by atoms with E-state index in [0.717, 1.165) is 19.5 Å². The third-order valence-corrected chi connectivity index (χ3v) is 3.24. The predicted octanol–water partition coefficient (Wildman–Crippen LogP) is 1.72. The van der Waals surface area contributed by atoms with Crippen LogP contribution in [0.5, 0.6) is 5.75 Å². The van der Waals surface area contributed by atoms with E-state index < -0.39 is 6.61 Å². The first-order chi connectivity index (χ1) is 9.09. The van der Waals surface area contributed by atoms with Crippen LogP contribution in [0.15, 0.2) is 24.3 Å². The van der Waals surface area contributed by atoms with Crippen LogP contribution >= 0.6 is 0 Å². The average Bonchev–Trinajstić information content (AvgIpc) is 2.91. The Kier molecular flexibility index (Phi) is 4.31. The number of halogens is 2. The van der Waals surface area contributed by atoms with Crippen LogP contribution < -0.4 is 10.1 Å². The topological polar surface area (TPSA) is 41.6 Å². The van der Waals surface area contributed by atoms with Gasteiger partial charge in [0.25, 0.3) is 5.91 Å². The number of hydrogen-bond acceptors (Lipinski definition) is 3. The van der Waals surface area contributed by atoms with Crippen molar-refractivity contribution in [3.63, 3.8) is 0 Å². The first-order valence-electron chi connectivity index (χ1n) is 6.11. The maximum absolute atomic E-state index is 12.3. The number of alkyl halides is 2. The summed E-state index contributed by atoms with van der Waals surface area (Å²) in [7, 11) is 1.68. The number of para-hydroxylation sites is 1. The first kappa shape index (κ1) is 13.7. The van der Waals surface area contributed by atoms with E-state index in [9.17, 15) is 13.6 Å². The maximum Gasteiger partial charge on any atom is 0.387 e. The van der Waals surface area contributed by atoms with Gasteiger partial charge in [0, 0.05) is 19.6 Å². The lowest BCUT2D eigenvalue weighted by Gasteiger charge is -2.24. The second-order valence-electron chi connectivity index (χ2n) is 4.44. The predicted molar refractivity (Wildman–Crippen MR) is 66.4 cm³/mol. The third kappa shape index (κ3) is 3.20. The number of amides is 1. The molecule has 0 radical (unpaired) electrons. The van der Waals surface area contributed by atoms with Crippen molar-refractivity contribution in [2.45, 2.75) is 19.1 Å². The number of carbonyl (C=O) groups is 1. The molecular formula is C13H16F2N2O2. The van der Waals surface area contributed by atoms with Crippen LogP contribution in [0.4, 0.5) is 8.78 Å². The molecule has 19 heavy (non-hydrogen) atoms.